The van der Waals surface area contributed by atoms with Crippen LogP contribution in [0.4, 0.5) is 5.00 Å². The summed E-state index contributed by atoms with van der Waals surface area (Å²) in [5.41, 5.74) is 8.94. The van der Waals surface area contributed by atoms with Gasteiger partial charge in [0.25, 0.3) is 5.91 Å². The number of carbonyl (C=O) groups excluding carboxylic acids is 2. The number of amides is 2. The van der Waals surface area contributed by atoms with Crippen LogP contribution < -0.4 is 11.1 Å². The summed E-state index contributed by atoms with van der Waals surface area (Å²) < 4.78 is 0. The highest BCUT2D eigenvalue weighted by atomic mass is 32.2. The number of anilines is 1. The SMILES string of the molecule is Cc1nc(SCC(=O)Nc2sc3c(c2C(N)=O)CCCC3)cc(-c2ccccc2)n1. The number of primary amides is 1. The van der Waals surface area contributed by atoms with Crippen molar-refractivity contribution in [3.63, 3.8) is 0 Å². The van der Waals surface area contributed by atoms with Gasteiger partial charge in [-0.2, -0.15) is 0 Å². The molecule has 2 heterocycles. The molecule has 0 fully saturated rings. The van der Waals surface area contributed by atoms with Gasteiger partial charge in [-0.1, -0.05) is 42.1 Å². The Bertz CT molecular complexity index is 1100. The van der Waals surface area contributed by atoms with Gasteiger partial charge in [0.2, 0.25) is 5.91 Å². The van der Waals surface area contributed by atoms with Gasteiger partial charge in [0, 0.05) is 10.4 Å². The third-order valence-corrected chi connectivity index (χ3v) is 7.02. The molecular formula is C22H22N4O2S2. The molecule has 0 radical (unpaired) electrons. The minimum absolute atomic E-state index is 0.182. The summed E-state index contributed by atoms with van der Waals surface area (Å²) in [6, 6.07) is 11.8. The zero-order chi connectivity index (χ0) is 21.1. The smallest absolute Gasteiger partial charge is 0.251 e. The van der Waals surface area contributed by atoms with Crippen molar-refractivity contribution in [2.24, 2.45) is 5.73 Å². The Hall–Kier alpha value is -2.71. The van der Waals surface area contributed by atoms with Crippen LogP contribution in [0.1, 0.15) is 39.5 Å². The van der Waals surface area contributed by atoms with Crippen molar-refractivity contribution in [3.05, 3.63) is 58.2 Å². The number of aromatic nitrogens is 2. The topological polar surface area (TPSA) is 98.0 Å². The second-order valence-corrected chi connectivity index (χ2v) is 9.22. The van der Waals surface area contributed by atoms with E-state index in [-0.39, 0.29) is 11.7 Å². The number of aryl methyl sites for hydroxylation is 2. The van der Waals surface area contributed by atoms with E-state index in [4.69, 9.17) is 5.73 Å². The molecule has 3 N–H and O–H groups in total. The van der Waals surface area contributed by atoms with Gasteiger partial charge in [-0.3, -0.25) is 9.59 Å². The highest BCUT2D eigenvalue weighted by Gasteiger charge is 2.25. The van der Waals surface area contributed by atoms with Crippen LogP contribution in [0.25, 0.3) is 11.3 Å². The van der Waals surface area contributed by atoms with Gasteiger partial charge in [0.15, 0.2) is 0 Å². The lowest BCUT2D eigenvalue weighted by atomic mass is 9.95. The Morgan fingerprint density at radius 2 is 1.93 bits per heavy atom. The summed E-state index contributed by atoms with van der Waals surface area (Å²) in [5.74, 6) is 0.182. The minimum Gasteiger partial charge on any atom is -0.365 e. The summed E-state index contributed by atoms with van der Waals surface area (Å²) in [6.45, 7) is 1.84. The van der Waals surface area contributed by atoms with Crippen molar-refractivity contribution >= 4 is 39.9 Å². The fraction of sp³-hybridized carbons (Fsp3) is 0.273. The Morgan fingerprint density at radius 1 is 1.17 bits per heavy atom. The molecule has 0 bridgehead atoms. The van der Waals surface area contributed by atoms with Crippen LogP contribution in [0.5, 0.6) is 0 Å². The van der Waals surface area contributed by atoms with E-state index in [9.17, 15) is 9.59 Å². The van der Waals surface area contributed by atoms with Crippen molar-refractivity contribution in [1.82, 2.24) is 9.97 Å². The number of hydrogen-bond donors (Lipinski definition) is 2. The van der Waals surface area contributed by atoms with Crippen LogP contribution in [0.3, 0.4) is 0 Å². The number of nitrogens with two attached hydrogens (primary N) is 1. The van der Waals surface area contributed by atoms with E-state index >= 15 is 0 Å². The molecule has 0 unspecified atom stereocenters. The summed E-state index contributed by atoms with van der Waals surface area (Å²) in [7, 11) is 0. The predicted octanol–water partition coefficient (Wildman–Crippen LogP) is 4.22. The Labute approximate surface area is 183 Å². The van der Waals surface area contributed by atoms with Crippen LogP contribution in [-0.4, -0.2) is 27.5 Å². The fourth-order valence-electron chi connectivity index (χ4n) is 3.59. The number of benzene rings is 1. The Balaban J connectivity index is 1.47. The normalized spacial score (nSPS) is 13.0. The molecule has 30 heavy (non-hydrogen) atoms. The molecule has 154 valence electrons. The van der Waals surface area contributed by atoms with Crippen molar-refractivity contribution in [3.8, 4) is 11.3 Å². The molecule has 4 rings (SSSR count). The molecule has 0 saturated heterocycles. The van der Waals surface area contributed by atoms with E-state index in [1.165, 1.54) is 23.1 Å². The standard InChI is InChI=1S/C22H22N4O2S2/c1-13-24-16(14-7-3-2-4-8-14)11-19(25-13)29-12-18(27)26-22-20(21(23)28)15-9-5-6-10-17(15)30-22/h2-4,7-8,11H,5-6,9-10,12H2,1H3,(H2,23,28)(H,26,27). The number of nitrogens with zero attached hydrogens (tertiary/aromatic N) is 2. The maximum Gasteiger partial charge on any atom is 0.251 e. The lowest BCUT2D eigenvalue weighted by molar-refractivity contribution is -0.113. The van der Waals surface area contributed by atoms with E-state index in [1.807, 2.05) is 43.3 Å². The van der Waals surface area contributed by atoms with E-state index in [2.05, 4.69) is 15.3 Å². The molecule has 0 atom stereocenters. The summed E-state index contributed by atoms with van der Waals surface area (Å²) in [5, 5.41) is 4.20. The second-order valence-electron chi connectivity index (χ2n) is 7.12. The average molecular weight is 439 g/mol. The molecule has 1 aromatic carbocycles. The zero-order valence-electron chi connectivity index (χ0n) is 16.6. The first-order valence-electron chi connectivity index (χ1n) is 9.79. The van der Waals surface area contributed by atoms with E-state index in [0.717, 1.165) is 52.4 Å². The number of thioether (sulfide) groups is 1. The molecule has 2 amide bonds. The van der Waals surface area contributed by atoms with E-state index in [1.54, 1.807) is 0 Å². The summed E-state index contributed by atoms with van der Waals surface area (Å²) in [4.78, 5) is 34.7. The van der Waals surface area contributed by atoms with Crippen LogP contribution in [0.2, 0.25) is 0 Å². The van der Waals surface area contributed by atoms with Crippen LogP contribution in [0, 0.1) is 6.92 Å². The summed E-state index contributed by atoms with van der Waals surface area (Å²) in [6.07, 6.45) is 3.93. The van der Waals surface area contributed by atoms with Crippen molar-refractivity contribution in [2.45, 2.75) is 37.6 Å². The second kappa shape index (κ2) is 8.97. The highest BCUT2D eigenvalue weighted by Crippen LogP contribution is 2.38. The van der Waals surface area contributed by atoms with Crippen molar-refractivity contribution < 1.29 is 9.59 Å². The van der Waals surface area contributed by atoms with Gasteiger partial charge < -0.3 is 11.1 Å². The third-order valence-electron chi connectivity index (χ3n) is 4.91. The average Bonchev–Trinajstić information content (AvgIpc) is 3.10. The molecule has 0 saturated carbocycles. The van der Waals surface area contributed by atoms with Crippen LogP contribution in [-0.2, 0) is 17.6 Å². The first kappa shape index (κ1) is 20.6. The van der Waals surface area contributed by atoms with Crippen molar-refractivity contribution in [1.29, 1.82) is 0 Å². The first-order valence-corrected chi connectivity index (χ1v) is 11.6. The monoisotopic (exact) mass is 438 g/mol. The van der Waals surface area contributed by atoms with Crippen LogP contribution in [0.15, 0.2) is 41.4 Å². The highest BCUT2D eigenvalue weighted by molar-refractivity contribution is 7.99. The number of nitrogens with one attached hydrogen (secondary N) is 1. The lowest BCUT2D eigenvalue weighted by Gasteiger charge is -2.11. The summed E-state index contributed by atoms with van der Waals surface area (Å²) >= 11 is 2.82. The fourth-order valence-corrected chi connectivity index (χ4v) is 5.64. The molecule has 2 aromatic heterocycles. The molecule has 6 nitrogen and oxygen atoms in total. The first-order chi connectivity index (χ1) is 14.5. The molecule has 0 spiro atoms. The third kappa shape index (κ3) is 4.55. The maximum absolute atomic E-state index is 12.6. The lowest BCUT2D eigenvalue weighted by Crippen LogP contribution is -2.19. The van der Waals surface area contributed by atoms with Gasteiger partial charge in [0.1, 0.15) is 15.9 Å². The molecule has 1 aliphatic carbocycles. The largest absolute Gasteiger partial charge is 0.365 e. The van der Waals surface area contributed by atoms with Gasteiger partial charge in [-0.25, -0.2) is 9.97 Å². The number of rotatable bonds is 6. The van der Waals surface area contributed by atoms with Gasteiger partial charge in [-0.05, 0) is 44.2 Å². The molecule has 1 aliphatic rings. The van der Waals surface area contributed by atoms with E-state index < -0.39 is 5.91 Å². The van der Waals surface area contributed by atoms with E-state index in [0.29, 0.717) is 16.4 Å². The quantitative estimate of drug-likeness (QED) is 0.443. The Morgan fingerprint density at radius 3 is 2.70 bits per heavy atom. The van der Waals surface area contributed by atoms with Crippen LogP contribution >= 0.6 is 23.1 Å². The van der Waals surface area contributed by atoms with Gasteiger partial charge in [-0.15, -0.1) is 11.3 Å². The van der Waals surface area contributed by atoms with Gasteiger partial charge in [0.05, 0.1) is 17.0 Å². The minimum atomic E-state index is -0.476. The zero-order valence-corrected chi connectivity index (χ0v) is 18.2. The molecule has 0 aliphatic heterocycles. The van der Waals surface area contributed by atoms with Gasteiger partial charge >= 0.3 is 0 Å². The Kier molecular flexibility index (Phi) is 6.15. The number of fused-ring (bicyclic) bond motifs is 1. The number of hydrogen-bond acceptors (Lipinski definition) is 6. The number of thiophene rings is 1. The number of carbonyl (C=O) groups is 2. The van der Waals surface area contributed by atoms with Crippen molar-refractivity contribution in [2.75, 3.05) is 11.1 Å². The maximum atomic E-state index is 12.6. The molecular weight excluding hydrogens is 416 g/mol. The molecule has 8 heteroatoms. The predicted molar refractivity (Wildman–Crippen MR) is 121 cm³/mol. The molecule has 3 aromatic rings.